The Morgan fingerprint density at radius 3 is 2.57 bits per heavy atom. The van der Waals surface area contributed by atoms with Gasteiger partial charge in [-0.25, -0.2) is 13.6 Å². The summed E-state index contributed by atoms with van der Waals surface area (Å²) < 4.78 is 74.9. The lowest BCUT2D eigenvalue weighted by molar-refractivity contribution is -0.137. The molecule has 0 spiro atoms. The van der Waals surface area contributed by atoms with Gasteiger partial charge in [0.15, 0.2) is 6.10 Å². The molecule has 0 aliphatic heterocycles. The zero-order valence-corrected chi connectivity index (χ0v) is 14.1. The fourth-order valence-electron chi connectivity index (χ4n) is 2.28. The average molecular weight is 398 g/mol. The van der Waals surface area contributed by atoms with Crippen LogP contribution in [0.25, 0.3) is 11.4 Å². The van der Waals surface area contributed by atoms with Gasteiger partial charge in [0, 0.05) is 11.6 Å². The van der Waals surface area contributed by atoms with Crippen LogP contribution in [0.3, 0.4) is 0 Å². The second-order valence-electron chi connectivity index (χ2n) is 5.71. The van der Waals surface area contributed by atoms with E-state index in [1.54, 1.807) is 0 Å². The Bertz CT molecular complexity index is 1020. The van der Waals surface area contributed by atoms with Gasteiger partial charge in [-0.05, 0) is 31.2 Å². The molecule has 0 fully saturated rings. The molecule has 28 heavy (non-hydrogen) atoms. The van der Waals surface area contributed by atoms with Crippen molar-refractivity contribution in [3.8, 4) is 11.4 Å². The van der Waals surface area contributed by atoms with E-state index in [9.17, 15) is 26.7 Å². The summed E-state index contributed by atoms with van der Waals surface area (Å²) in [5.41, 5.74) is -1.33. The van der Waals surface area contributed by atoms with Crippen LogP contribution in [0.1, 0.15) is 34.8 Å². The molecule has 0 aliphatic carbocycles. The minimum Gasteiger partial charge on any atom is -0.449 e. The molecule has 0 saturated carbocycles. The Labute approximate surface area is 154 Å². The van der Waals surface area contributed by atoms with Crippen molar-refractivity contribution in [3.63, 3.8) is 0 Å². The molecule has 1 unspecified atom stereocenters. The minimum absolute atomic E-state index is 0.0490. The van der Waals surface area contributed by atoms with Crippen LogP contribution in [0.5, 0.6) is 0 Å². The van der Waals surface area contributed by atoms with Crippen LogP contribution in [0.4, 0.5) is 22.0 Å². The molecular weight excluding hydrogens is 387 g/mol. The van der Waals surface area contributed by atoms with Gasteiger partial charge in [0.2, 0.25) is 5.82 Å². The molecule has 2 aromatic carbocycles. The monoisotopic (exact) mass is 398 g/mol. The lowest BCUT2D eigenvalue weighted by Gasteiger charge is -2.09. The van der Waals surface area contributed by atoms with Crippen molar-refractivity contribution in [3.05, 3.63) is 71.1 Å². The van der Waals surface area contributed by atoms with Crippen molar-refractivity contribution < 1.29 is 36.0 Å². The molecule has 1 heterocycles. The van der Waals surface area contributed by atoms with Crippen LogP contribution in [0.2, 0.25) is 0 Å². The standard InChI is InChI=1S/C18H11F5N2O3/c1-9(27-17(26)13-6-5-12(19)8-14(13)20)16-24-15(25-28-16)10-3-2-4-11(7-10)18(21,22)23/h2-9H,1H3. The average Bonchev–Trinajstić information content (AvgIpc) is 3.11. The van der Waals surface area contributed by atoms with E-state index in [4.69, 9.17) is 9.26 Å². The van der Waals surface area contributed by atoms with Crippen molar-refractivity contribution in [2.45, 2.75) is 19.2 Å². The number of nitrogens with zero attached hydrogens (tertiary/aromatic N) is 2. The van der Waals surface area contributed by atoms with Crippen molar-refractivity contribution in [2.75, 3.05) is 0 Å². The number of alkyl halides is 3. The van der Waals surface area contributed by atoms with Gasteiger partial charge in [-0.3, -0.25) is 0 Å². The van der Waals surface area contributed by atoms with E-state index >= 15 is 0 Å². The summed E-state index contributed by atoms with van der Waals surface area (Å²) in [6.07, 6.45) is -5.66. The Morgan fingerprint density at radius 1 is 1.14 bits per heavy atom. The highest BCUT2D eigenvalue weighted by atomic mass is 19.4. The van der Waals surface area contributed by atoms with Crippen LogP contribution < -0.4 is 0 Å². The number of carbonyl (C=O) groups is 1. The van der Waals surface area contributed by atoms with Gasteiger partial charge < -0.3 is 9.26 Å². The number of carbonyl (C=O) groups excluding carboxylic acids is 1. The molecule has 146 valence electrons. The van der Waals surface area contributed by atoms with Crippen molar-refractivity contribution in [2.24, 2.45) is 0 Å². The Hall–Kier alpha value is -3.30. The third-order valence-corrected chi connectivity index (χ3v) is 3.67. The molecule has 10 heteroatoms. The summed E-state index contributed by atoms with van der Waals surface area (Å²) in [6, 6.07) is 6.62. The molecule has 0 bridgehead atoms. The van der Waals surface area contributed by atoms with Crippen molar-refractivity contribution >= 4 is 5.97 Å². The molecule has 0 aliphatic rings. The molecule has 3 rings (SSSR count). The molecule has 1 atom stereocenters. The van der Waals surface area contributed by atoms with E-state index in [1.165, 1.54) is 19.1 Å². The zero-order valence-electron chi connectivity index (χ0n) is 14.1. The van der Waals surface area contributed by atoms with E-state index in [2.05, 4.69) is 10.1 Å². The molecule has 1 aromatic heterocycles. The van der Waals surface area contributed by atoms with Gasteiger partial charge in [0.05, 0.1) is 11.1 Å². The molecule has 0 saturated heterocycles. The number of esters is 1. The highest BCUT2D eigenvalue weighted by Gasteiger charge is 2.31. The first-order chi connectivity index (χ1) is 13.1. The Kier molecular flexibility index (Phi) is 5.12. The fourth-order valence-corrected chi connectivity index (χ4v) is 2.28. The van der Waals surface area contributed by atoms with E-state index < -0.39 is 41.0 Å². The third kappa shape index (κ3) is 4.16. The fraction of sp³-hybridized carbons (Fsp3) is 0.167. The molecular formula is C18H11F5N2O3. The van der Waals surface area contributed by atoms with Gasteiger partial charge in [-0.15, -0.1) is 0 Å². The zero-order chi connectivity index (χ0) is 20.5. The van der Waals surface area contributed by atoms with Gasteiger partial charge >= 0.3 is 12.1 Å². The molecule has 5 nitrogen and oxygen atoms in total. The summed E-state index contributed by atoms with van der Waals surface area (Å²) in [5.74, 6) is -3.40. The maximum atomic E-state index is 13.6. The normalized spacial score (nSPS) is 12.6. The van der Waals surface area contributed by atoms with Crippen molar-refractivity contribution in [1.82, 2.24) is 10.1 Å². The lowest BCUT2D eigenvalue weighted by Crippen LogP contribution is -2.11. The summed E-state index contributed by atoms with van der Waals surface area (Å²) in [7, 11) is 0. The number of hydrogen-bond acceptors (Lipinski definition) is 5. The van der Waals surface area contributed by atoms with E-state index in [1.807, 2.05) is 0 Å². The predicted octanol–water partition coefficient (Wildman–Crippen LogP) is 4.95. The second kappa shape index (κ2) is 7.37. The largest absolute Gasteiger partial charge is 0.449 e. The number of ether oxygens (including phenoxy) is 1. The van der Waals surface area contributed by atoms with Gasteiger partial charge in [-0.2, -0.15) is 18.2 Å². The summed E-state index contributed by atoms with van der Waals surface area (Å²) >= 11 is 0. The van der Waals surface area contributed by atoms with Gasteiger partial charge in [-0.1, -0.05) is 17.3 Å². The second-order valence-corrected chi connectivity index (χ2v) is 5.71. The topological polar surface area (TPSA) is 65.2 Å². The predicted molar refractivity (Wildman–Crippen MR) is 84.9 cm³/mol. The highest BCUT2D eigenvalue weighted by molar-refractivity contribution is 5.89. The van der Waals surface area contributed by atoms with E-state index in [0.717, 1.165) is 24.3 Å². The summed E-state index contributed by atoms with van der Waals surface area (Å²) in [6.45, 7) is 1.35. The summed E-state index contributed by atoms with van der Waals surface area (Å²) in [4.78, 5) is 15.9. The van der Waals surface area contributed by atoms with Crippen LogP contribution >= 0.6 is 0 Å². The van der Waals surface area contributed by atoms with Gasteiger partial charge in [0.25, 0.3) is 5.89 Å². The molecule has 0 radical (unpaired) electrons. The first kappa shape index (κ1) is 19.5. The van der Waals surface area contributed by atoms with Crippen LogP contribution in [0.15, 0.2) is 47.0 Å². The number of aromatic nitrogens is 2. The summed E-state index contributed by atoms with van der Waals surface area (Å²) in [5, 5.41) is 3.57. The number of benzene rings is 2. The van der Waals surface area contributed by atoms with Crippen LogP contribution in [-0.2, 0) is 10.9 Å². The smallest absolute Gasteiger partial charge is 0.416 e. The molecule has 0 amide bonds. The number of hydrogen-bond donors (Lipinski definition) is 0. The van der Waals surface area contributed by atoms with Gasteiger partial charge in [0.1, 0.15) is 11.6 Å². The molecule has 0 N–H and O–H groups in total. The maximum Gasteiger partial charge on any atom is 0.416 e. The van der Waals surface area contributed by atoms with Crippen LogP contribution in [-0.4, -0.2) is 16.1 Å². The van der Waals surface area contributed by atoms with Crippen LogP contribution in [0, 0.1) is 11.6 Å². The van der Waals surface area contributed by atoms with E-state index in [0.29, 0.717) is 6.07 Å². The Morgan fingerprint density at radius 2 is 1.89 bits per heavy atom. The SMILES string of the molecule is CC(OC(=O)c1ccc(F)cc1F)c1nc(-c2cccc(C(F)(F)F)c2)no1. The first-order valence-corrected chi connectivity index (χ1v) is 7.82. The quantitative estimate of drug-likeness (QED) is 0.460. The third-order valence-electron chi connectivity index (χ3n) is 3.67. The number of rotatable bonds is 4. The maximum absolute atomic E-state index is 13.6. The minimum atomic E-state index is -4.54. The highest BCUT2D eigenvalue weighted by Crippen LogP contribution is 2.32. The lowest BCUT2D eigenvalue weighted by atomic mass is 10.1. The number of halogens is 5. The molecule has 3 aromatic rings. The Balaban J connectivity index is 1.77. The first-order valence-electron chi connectivity index (χ1n) is 7.82. The van der Waals surface area contributed by atoms with E-state index in [-0.39, 0.29) is 17.3 Å². The van der Waals surface area contributed by atoms with Crippen molar-refractivity contribution in [1.29, 1.82) is 0 Å².